The first-order chi connectivity index (χ1) is 11.5. The van der Waals surface area contributed by atoms with Gasteiger partial charge in [0.1, 0.15) is 0 Å². The van der Waals surface area contributed by atoms with Gasteiger partial charge in [0.05, 0.1) is 11.7 Å². The lowest BCUT2D eigenvalue weighted by Gasteiger charge is -2.25. The number of halogens is 2. The number of nitrogens with zero attached hydrogens (tertiary/aromatic N) is 2. The second-order valence-electron chi connectivity index (χ2n) is 6.06. The number of alkyl halides is 2. The van der Waals surface area contributed by atoms with Gasteiger partial charge in [0.2, 0.25) is 0 Å². The highest BCUT2D eigenvalue weighted by atomic mass is 19.3. The van der Waals surface area contributed by atoms with E-state index >= 15 is 0 Å². The van der Waals surface area contributed by atoms with E-state index in [1.807, 2.05) is 13.8 Å². The molecule has 3 rings (SSSR count). The maximum Gasteiger partial charge on any atom is 0.322 e. The van der Waals surface area contributed by atoms with Crippen LogP contribution in [0.15, 0.2) is 24.3 Å². The van der Waals surface area contributed by atoms with Gasteiger partial charge in [0.25, 0.3) is 6.43 Å². The zero-order valence-corrected chi connectivity index (χ0v) is 13.6. The Morgan fingerprint density at radius 2 is 2.21 bits per heavy atom. The van der Waals surface area contributed by atoms with E-state index in [4.69, 9.17) is 0 Å². The number of likely N-dealkylation sites (tertiary alicyclic amines) is 1. The maximum absolute atomic E-state index is 12.8. The summed E-state index contributed by atoms with van der Waals surface area (Å²) < 4.78 is 25.6. The fourth-order valence-electron chi connectivity index (χ4n) is 3.31. The van der Waals surface area contributed by atoms with Crippen LogP contribution in [0.2, 0.25) is 0 Å². The van der Waals surface area contributed by atoms with E-state index in [-0.39, 0.29) is 17.6 Å². The Kier molecular flexibility index (Phi) is 4.51. The Bertz CT molecular complexity index is 724. The first-order valence-electron chi connectivity index (χ1n) is 7.94. The molecule has 0 aliphatic carbocycles. The van der Waals surface area contributed by atoms with Crippen molar-refractivity contribution in [3.63, 3.8) is 0 Å². The molecule has 7 heteroatoms. The summed E-state index contributed by atoms with van der Waals surface area (Å²) in [4.78, 5) is 14.4. The second kappa shape index (κ2) is 6.59. The molecule has 0 radical (unpaired) electrons. The number of rotatable bonds is 3. The van der Waals surface area contributed by atoms with Crippen molar-refractivity contribution >= 4 is 11.7 Å². The quantitative estimate of drug-likeness (QED) is 0.877. The summed E-state index contributed by atoms with van der Waals surface area (Å²) in [6.45, 7) is 4.49. The molecule has 0 unspecified atom stereocenters. The Hall–Kier alpha value is -2.44. The molecule has 0 saturated carbocycles. The van der Waals surface area contributed by atoms with Gasteiger partial charge in [-0.2, -0.15) is 5.10 Å². The van der Waals surface area contributed by atoms with Crippen LogP contribution in [0, 0.1) is 13.8 Å². The number of carbonyl (C=O) groups excluding carboxylic acids is 1. The molecule has 5 nitrogen and oxygen atoms in total. The molecule has 1 aromatic heterocycles. The summed E-state index contributed by atoms with van der Waals surface area (Å²) in [5.74, 6) is 0. The van der Waals surface area contributed by atoms with Gasteiger partial charge in [-0.15, -0.1) is 0 Å². The van der Waals surface area contributed by atoms with Crippen molar-refractivity contribution < 1.29 is 13.6 Å². The number of aromatic nitrogens is 2. The highest BCUT2D eigenvalue weighted by Gasteiger charge is 2.33. The van der Waals surface area contributed by atoms with Gasteiger partial charge in [-0.3, -0.25) is 5.10 Å². The van der Waals surface area contributed by atoms with Gasteiger partial charge in [-0.25, -0.2) is 13.6 Å². The first kappa shape index (κ1) is 16.4. The van der Waals surface area contributed by atoms with Crippen LogP contribution in [0.4, 0.5) is 19.3 Å². The minimum absolute atomic E-state index is 0.0398. The van der Waals surface area contributed by atoms with Crippen LogP contribution in [0.5, 0.6) is 0 Å². The molecular weight excluding hydrogens is 314 g/mol. The predicted molar refractivity (Wildman–Crippen MR) is 87.2 cm³/mol. The highest BCUT2D eigenvalue weighted by molar-refractivity contribution is 5.90. The number of urea groups is 1. The third kappa shape index (κ3) is 3.11. The van der Waals surface area contributed by atoms with E-state index in [1.165, 1.54) is 18.2 Å². The van der Waals surface area contributed by atoms with Crippen LogP contribution in [0.25, 0.3) is 0 Å². The number of aryl methyl sites for hydroxylation is 2. The topological polar surface area (TPSA) is 61.0 Å². The lowest BCUT2D eigenvalue weighted by molar-refractivity contribution is 0.151. The van der Waals surface area contributed by atoms with E-state index in [2.05, 4.69) is 15.5 Å². The number of benzene rings is 1. The fourth-order valence-corrected chi connectivity index (χ4v) is 3.31. The molecule has 1 saturated heterocycles. The molecule has 1 fully saturated rings. The monoisotopic (exact) mass is 334 g/mol. The molecule has 1 aliphatic heterocycles. The zero-order chi connectivity index (χ0) is 17.3. The van der Waals surface area contributed by atoms with Gasteiger partial charge in [-0.05, 0) is 38.8 Å². The summed E-state index contributed by atoms with van der Waals surface area (Å²) in [7, 11) is 0. The number of anilines is 1. The van der Waals surface area contributed by atoms with Crippen molar-refractivity contribution in [3.05, 3.63) is 46.8 Å². The molecule has 128 valence electrons. The lowest BCUT2D eigenvalue weighted by Crippen LogP contribution is -2.34. The Morgan fingerprint density at radius 1 is 1.42 bits per heavy atom. The molecule has 2 N–H and O–H groups in total. The van der Waals surface area contributed by atoms with Crippen molar-refractivity contribution in [2.75, 3.05) is 11.9 Å². The second-order valence-corrected chi connectivity index (χ2v) is 6.06. The van der Waals surface area contributed by atoms with Gasteiger partial charge in [-0.1, -0.05) is 12.1 Å². The van der Waals surface area contributed by atoms with E-state index in [1.54, 1.807) is 11.0 Å². The summed E-state index contributed by atoms with van der Waals surface area (Å²) in [5, 5.41) is 9.89. The number of amides is 2. The van der Waals surface area contributed by atoms with Crippen LogP contribution in [-0.4, -0.2) is 27.7 Å². The molecule has 24 heavy (non-hydrogen) atoms. The Labute approximate surface area is 139 Å². The summed E-state index contributed by atoms with van der Waals surface area (Å²) in [6, 6.07) is 5.47. The Morgan fingerprint density at radius 3 is 2.88 bits per heavy atom. The molecule has 0 spiro atoms. The van der Waals surface area contributed by atoms with Crippen LogP contribution in [0.3, 0.4) is 0 Å². The average Bonchev–Trinajstić information content (AvgIpc) is 3.14. The van der Waals surface area contributed by atoms with Gasteiger partial charge in [0.15, 0.2) is 0 Å². The third-order valence-electron chi connectivity index (χ3n) is 4.42. The lowest BCUT2D eigenvalue weighted by atomic mass is 10.0. The molecule has 2 aromatic rings. The molecule has 2 amide bonds. The van der Waals surface area contributed by atoms with Crippen molar-refractivity contribution in [2.24, 2.45) is 0 Å². The predicted octanol–water partition coefficient (Wildman–Crippen LogP) is 4.33. The van der Waals surface area contributed by atoms with Gasteiger partial charge >= 0.3 is 6.03 Å². The molecule has 0 bridgehead atoms. The van der Waals surface area contributed by atoms with Crippen LogP contribution in [-0.2, 0) is 0 Å². The minimum Gasteiger partial charge on any atom is -0.317 e. The van der Waals surface area contributed by atoms with Gasteiger partial charge < -0.3 is 10.2 Å². The molecular formula is C17H20F2N4O. The summed E-state index contributed by atoms with van der Waals surface area (Å²) >= 11 is 0. The number of hydrogen-bond acceptors (Lipinski definition) is 2. The first-order valence-corrected chi connectivity index (χ1v) is 7.94. The van der Waals surface area contributed by atoms with Crippen molar-refractivity contribution in [1.82, 2.24) is 15.1 Å². The standard InChI is InChI=1S/C17H20F2N4O/c1-10-15(11(2)22-21-10)14-7-4-8-23(14)17(24)20-13-6-3-5-12(9-13)16(18)19/h3,5-6,9,14,16H,4,7-8H2,1-2H3,(H,20,24)(H,21,22)/t14-/m0/s1. The Balaban J connectivity index is 1.78. The number of aromatic amines is 1. The number of nitrogens with one attached hydrogen (secondary N) is 2. The van der Waals surface area contributed by atoms with Crippen molar-refractivity contribution in [3.8, 4) is 0 Å². The van der Waals surface area contributed by atoms with Crippen LogP contribution in [0.1, 0.15) is 47.8 Å². The maximum atomic E-state index is 12.8. The van der Waals surface area contributed by atoms with Crippen molar-refractivity contribution in [1.29, 1.82) is 0 Å². The molecule has 1 aromatic carbocycles. The fraction of sp³-hybridized carbons (Fsp3) is 0.412. The average molecular weight is 334 g/mol. The SMILES string of the molecule is Cc1n[nH]c(C)c1[C@@H]1CCCN1C(=O)Nc1cccc(C(F)F)c1. The third-order valence-corrected chi connectivity index (χ3v) is 4.42. The van der Waals surface area contributed by atoms with Crippen LogP contribution < -0.4 is 5.32 Å². The smallest absolute Gasteiger partial charge is 0.317 e. The minimum atomic E-state index is -2.56. The molecule has 1 aliphatic rings. The highest BCUT2D eigenvalue weighted by Crippen LogP contribution is 2.35. The van der Waals surface area contributed by atoms with Crippen molar-refractivity contribution in [2.45, 2.75) is 39.2 Å². The number of H-pyrrole nitrogens is 1. The van der Waals surface area contributed by atoms with E-state index in [0.717, 1.165) is 29.8 Å². The summed E-state index contributed by atoms with van der Waals surface area (Å²) in [6.07, 6.45) is -0.789. The number of carbonyl (C=O) groups is 1. The number of hydrogen-bond donors (Lipinski definition) is 2. The van der Waals surface area contributed by atoms with Crippen LogP contribution >= 0.6 is 0 Å². The molecule has 2 heterocycles. The van der Waals surface area contributed by atoms with E-state index in [9.17, 15) is 13.6 Å². The van der Waals surface area contributed by atoms with E-state index < -0.39 is 6.43 Å². The largest absolute Gasteiger partial charge is 0.322 e. The molecule has 1 atom stereocenters. The zero-order valence-electron chi connectivity index (χ0n) is 13.6. The van der Waals surface area contributed by atoms with Gasteiger partial charge in [0, 0.05) is 29.1 Å². The van der Waals surface area contributed by atoms with E-state index in [0.29, 0.717) is 12.2 Å². The normalized spacial score (nSPS) is 17.5. The summed E-state index contributed by atoms with van der Waals surface area (Å²) in [5.41, 5.74) is 3.16.